The van der Waals surface area contributed by atoms with Crippen LogP contribution in [0.25, 0.3) is 17.0 Å². The van der Waals surface area contributed by atoms with E-state index in [0.717, 1.165) is 29.3 Å². The van der Waals surface area contributed by atoms with E-state index in [1.165, 1.54) is 4.90 Å². The van der Waals surface area contributed by atoms with Crippen molar-refractivity contribution < 1.29 is 14.4 Å². The van der Waals surface area contributed by atoms with Crippen molar-refractivity contribution in [1.82, 2.24) is 19.7 Å². The predicted molar refractivity (Wildman–Crippen MR) is 116 cm³/mol. The van der Waals surface area contributed by atoms with Gasteiger partial charge in [-0.05, 0) is 25.0 Å². The molecule has 31 heavy (non-hydrogen) atoms. The lowest BCUT2D eigenvalue weighted by molar-refractivity contribution is -0.148. The van der Waals surface area contributed by atoms with E-state index in [1.807, 2.05) is 35.0 Å². The summed E-state index contributed by atoms with van der Waals surface area (Å²) < 4.78 is 2.03. The van der Waals surface area contributed by atoms with E-state index in [9.17, 15) is 14.4 Å². The SMILES string of the molecule is N#CCCn1cc(/C=C/C(=O)N2CCN(C(=O)C(=O)NC3CC3)CC2)c2ccccc21. The zero-order chi connectivity index (χ0) is 21.8. The number of nitrogens with zero attached hydrogens (tertiary/aromatic N) is 4. The molecule has 1 aromatic heterocycles. The fourth-order valence-corrected chi connectivity index (χ4v) is 3.78. The van der Waals surface area contributed by atoms with Crippen molar-refractivity contribution in [3.05, 3.63) is 42.1 Å². The third-order valence-corrected chi connectivity index (χ3v) is 5.67. The number of hydrogen-bond donors (Lipinski definition) is 1. The van der Waals surface area contributed by atoms with E-state index >= 15 is 0 Å². The van der Waals surface area contributed by atoms with Crippen molar-refractivity contribution in [1.29, 1.82) is 5.26 Å². The molecule has 8 nitrogen and oxygen atoms in total. The summed E-state index contributed by atoms with van der Waals surface area (Å²) in [6.45, 7) is 2.10. The first-order valence-corrected chi connectivity index (χ1v) is 10.6. The van der Waals surface area contributed by atoms with Gasteiger partial charge in [0, 0.05) is 67.5 Å². The summed E-state index contributed by atoms with van der Waals surface area (Å²) in [6, 6.07) is 10.2. The van der Waals surface area contributed by atoms with Crippen molar-refractivity contribution >= 4 is 34.7 Å². The van der Waals surface area contributed by atoms with E-state index in [0.29, 0.717) is 39.1 Å². The van der Waals surface area contributed by atoms with Crippen LogP contribution in [0.15, 0.2) is 36.5 Å². The standard InChI is InChI=1S/C23H25N5O3/c24-10-3-11-28-16-17(19-4-1-2-5-20(19)28)6-9-21(29)26-12-14-27(15-13-26)23(31)22(30)25-18-7-8-18/h1-2,4-6,9,16,18H,3,7-8,11-15H2,(H,25,30)/b9-6+. The smallest absolute Gasteiger partial charge is 0.312 e. The molecule has 160 valence electrons. The Morgan fingerprint density at radius 3 is 2.52 bits per heavy atom. The molecule has 2 aromatic rings. The maximum atomic E-state index is 12.7. The second-order valence-corrected chi connectivity index (χ2v) is 7.90. The molecule has 0 radical (unpaired) electrons. The lowest BCUT2D eigenvalue weighted by Crippen LogP contribution is -2.53. The number of rotatable bonds is 5. The molecular weight excluding hydrogens is 394 g/mol. The lowest BCUT2D eigenvalue weighted by atomic mass is 10.1. The van der Waals surface area contributed by atoms with Crippen LogP contribution in [0.4, 0.5) is 0 Å². The van der Waals surface area contributed by atoms with E-state index < -0.39 is 11.8 Å². The van der Waals surface area contributed by atoms with Gasteiger partial charge in [0.05, 0.1) is 12.5 Å². The summed E-state index contributed by atoms with van der Waals surface area (Å²) >= 11 is 0. The van der Waals surface area contributed by atoms with E-state index in [1.54, 1.807) is 17.1 Å². The molecule has 8 heteroatoms. The topological polar surface area (TPSA) is 98.4 Å². The quantitative estimate of drug-likeness (QED) is 0.587. The summed E-state index contributed by atoms with van der Waals surface area (Å²) in [5.41, 5.74) is 1.95. The maximum absolute atomic E-state index is 12.7. The van der Waals surface area contributed by atoms with Crippen molar-refractivity contribution in [2.75, 3.05) is 26.2 Å². The summed E-state index contributed by atoms with van der Waals surface area (Å²) in [7, 11) is 0. The van der Waals surface area contributed by atoms with Crippen LogP contribution in [0, 0.1) is 11.3 Å². The van der Waals surface area contributed by atoms with Gasteiger partial charge in [-0.1, -0.05) is 18.2 Å². The van der Waals surface area contributed by atoms with Crippen LogP contribution >= 0.6 is 0 Å². The van der Waals surface area contributed by atoms with Crippen LogP contribution in [0.3, 0.4) is 0 Å². The molecule has 3 amide bonds. The number of piperazine rings is 1. The van der Waals surface area contributed by atoms with Crippen LogP contribution in [0.5, 0.6) is 0 Å². The molecule has 1 aliphatic heterocycles. The molecule has 0 atom stereocenters. The van der Waals surface area contributed by atoms with Crippen LogP contribution in [-0.2, 0) is 20.9 Å². The summed E-state index contributed by atoms with van der Waals surface area (Å²) in [5, 5.41) is 12.6. The van der Waals surface area contributed by atoms with Crippen molar-refractivity contribution in [3.63, 3.8) is 0 Å². The number of nitrogens with one attached hydrogen (secondary N) is 1. The van der Waals surface area contributed by atoms with Gasteiger partial charge in [-0.2, -0.15) is 5.26 Å². The fourth-order valence-electron chi connectivity index (χ4n) is 3.78. The van der Waals surface area contributed by atoms with Crippen LogP contribution in [-0.4, -0.2) is 64.3 Å². The molecule has 0 spiro atoms. The number of aromatic nitrogens is 1. The third kappa shape index (κ3) is 4.77. The molecule has 4 rings (SSSR count). The second kappa shape index (κ2) is 9.04. The predicted octanol–water partition coefficient (Wildman–Crippen LogP) is 1.52. The minimum Gasteiger partial charge on any atom is -0.346 e. The Balaban J connectivity index is 1.36. The first-order valence-electron chi connectivity index (χ1n) is 10.6. The first kappa shape index (κ1) is 20.7. The van der Waals surface area contributed by atoms with Crippen LogP contribution < -0.4 is 5.32 Å². The first-order chi connectivity index (χ1) is 15.1. The van der Waals surface area contributed by atoms with Gasteiger partial charge in [0.15, 0.2) is 0 Å². The zero-order valence-electron chi connectivity index (χ0n) is 17.3. The number of para-hydroxylation sites is 1. The van der Waals surface area contributed by atoms with Gasteiger partial charge in [-0.3, -0.25) is 14.4 Å². The highest BCUT2D eigenvalue weighted by Crippen LogP contribution is 2.23. The lowest BCUT2D eigenvalue weighted by Gasteiger charge is -2.33. The van der Waals surface area contributed by atoms with E-state index in [4.69, 9.17) is 5.26 Å². The number of nitriles is 1. The van der Waals surface area contributed by atoms with Gasteiger partial charge in [-0.25, -0.2) is 0 Å². The summed E-state index contributed by atoms with van der Waals surface area (Å²) in [4.78, 5) is 40.0. The highest BCUT2D eigenvalue weighted by molar-refractivity contribution is 6.35. The van der Waals surface area contributed by atoms with Gasteiger partial charge in [0.2, 0.25) is 5.91 Å². The van der Waals surface area contributed by atoms with Gasteiger partial charge in [0.1, 0.15) is 0 Å². The average Bonchev–Trinajstić information content (AvgIpc) is 3.55. The Labute approximate surface area is 180 Å². The van der Waals surface area contributed by atoms with E-state index in [2.05, 4.69) is 11.4 Å². The highest BCUT2D eigenvalue weighted by Gasteiger charge is 2.31. The van der Waals surface area contributed by atoms with Crippen molar-refractivity contribution in [3.8, 4) is 6.07 Å². The van der Waals surface area contributed by atoms with Crippen LogP contribution in [0.1, 0.15) is 24.8 Å². The Morgan fingerprint density at radius 2 is 1.81 bits per heavy atom. The third-order valence-electron chi connectivity index (χ3n) is 5.67. The minimum atomic E-state index is -0.546. The van der Waals surface area contributed by atoms with E-state index in [-0.39, 0.29) is 11.9 Å². The number of fused-ring (bicyclic) bond motifs is 1. The number of benzene rings is 1. The number of aryl methyl sites for hydroxylation is 1. The zero-order valence-corrected chi connectivity index (χ0v) is 17.3. The largest absolute Gasteiger partial charge is 0.346 e. The average molecular weight is 419 g/mol. The normalized spacial score (nSPS) is 16.5. The molecule has 1 aromatic carbocycles. The maximum Gasteiger partial charge on any atom is 0.312 e. The van der Waals surface area contributed by atoms with Crippen LogP contribution in [0.2, 0.25) is 0 Å². The number of hydrogen-bond acceptors (Lipinski definition) is 4. The summed E-state index contributed by atoms with van der Waals surface area (Å²) in [6.07, 6.45) is 7.60. The van der Waals surface area contributed by atoms with Crippen molar-refractivity contribution in [2.24, 2.45) is 0 Å². The Kier molecular flexibility index (Phi) is 6.03. The van der Waals surface area contributed by atoms with Gasteiger partial charge < -0.3 is 19.7 Å². The minimum absolute atomic E-state index is 0.122. The Morgan fingerprint density at radius 1 is 1.10 bits per heavy atom. The molecule has 1 saturated heterocycles. The Hall–Kier alpha value is -3.60. The molecule has 2 heterocycles. The Bertz CT molecular complexity index is 1070. The van der Waals surface area contributed by atoms with Gasteiger partial charge >= 0.3 is 11.8 Å². The van der Waals surface area contributed by atoms with Crippen molar-refractivity contribution in [2.45, 2.75) is 31.8 Å². The number of carbonyl (C=O) groups is 3. The molecule has 1 N–H and O–H groups in total. The molecule has 2 aliphatic rings. The number of carbonyl (C=O) groups excluding carboxylic acids is 3. The monoisotopic (exact) mass is 419 g/mol. The molecule has 2 fully saturated rings. The molecule has 1 saturated carbocycles. The molecule has 1 aliphatic carbocycles. The molecule has 0 unspecified atom stereocenters. The second-order valence-electron chi connectivity index (χ2n) is 7.90. The fraction of sp³-hybridized carbons (Fsp3) is 0.391. The molecule has 0 bridgehead atoms. The number of amides is 3. The summed E-state index contributed by atoms with van der Waals surface area (Å²) in [5.74, 6) is -1.18. The van der Waals surface area contributed by atoms with Gasteiger partial charge in [-0.15, -0.1) is 0 Å². The molecular formula is C23H25N5O3. The van der Waals surface area contributed by atoms with Gasteiger partial charge in [0.25, 0.3) is 0 Å². The highest BCUT2D eigenvalue weighted by atomic mass is 16.2.